The van der Waals surface area contributed by atoms with Crippen LogP contribution in [-0.4, -0.2) is 49.8 Å². The molecule has 0 atom stereocenters. The molecule has 0 unspecified atom stereocenters. The van der Waals surface area contributed by atoms with E-state index >= 15 is 0 Å². The van der Waals surface area contributed by atoms with Gasteiger partial charge in [0.1, 0.15) is 5.60 Å². The fourth-order valence-corrected chi connectivity index (χ4v) is 3.18. The van der Waals surface area contributed by atoms with Crippen molar-refractivity contribution in [2.24, 2.45) is 5.92 Å². The number of hydrogen-bond donors (Lipinski definition) is 2. The molecule has 1 fully saturated rings. The summed E-state index contributed by atoms with van der Waals surface area (Å²) in [6.07, 6.45) is 2.37. The van der Waals surface area contributed by atoms with E-state index in [9.17, 15) is 14.4 Å². The van der Waals surface area contributed by atoms with Crippen molar-refractivity contribution in [2.45, 2.75) is 59.0 Å². The average Bonchev–Trinajstić information content (AvgIpc) is 2.70. The van der Waals surface area contributed by atoms with Crippen molar-refractivity contribution in [2.75, 3.05) is 36.5 Å². The Morgan fingerprint density at radius 3 is 2.35 bits per heavy atom. The third-order valence-corrected chi connectivity index (χ3v) is 4.89. The van der Waals surface area contributed by atoms with Crippen LogP contribution in [0.3, 0.4) is 0 Å². The van der Waals surface area contributed by atoms with Crippen molar-refractivity contribution in [1.82, 2.24) is 5.32 Å². The van der Waals surface area contributed by atoms with Gasteiger partial charge in [-0.1, -0.05) is 6.92 Å². The highest BCUT2D eigenvalue weighted by Crippen LogP contribution is 2.24. The van der Waals surface area contributed by atoms with E-state index in [1.54, 1.807) is 20.8 Å². The normalized spacial score (nSPS) is 14.6. The molecule has 0 spiro atoms. The molecule has 1 aromatic rings. The summed E-state index contributed by atoms with van der Waals surface area (Å²) in [7, 11) is 0. The number of piperidine rings is 1. The molecule has 1 saturated heterocycles. The molecule has 8 heteroatoms. The summed E-state index contributed by atoms with van der Waals surface area (Å²) in [5.74, 6) is -0.102. The number of carbonyl (C=O) groups is 3. The second-order valence-electron chi connectivity index (χ2n) is 8.96. The van der Waals surface area contributed by atoms with Crippen LogP contribution in [0.25, 0.3) is 0 Å². The van der Waals surface area contributed by atoms with Gasteiger partial charge in [-0.3, -0.25) is 9.59 Å². The van der Waals surface area contributed by atoms with Crippen molar-refractivity contribution >= 4 is 29.3 Å². The molecule has 172 valence electrons. The van der Waals surface area contributed by atoms with Crippen molar-refractivity contribution in [1.29, 1.82) is 0 Å². The zero-order chi connectivity index (χ0) is 22.9. The summed E-state index contributed by atoms with van der Waals surface area (Å²) in [6, 6.07) is 7.70. The van der Waals surface area contributed by atoms with Gasteiger partial charge in [-0.25, -0.2) is 4.79 Å². The van der Waals surface area contributed by atoms with Gasteiger partial charge in [-0.15, -0.1) is 0 Å². The summed E-state index contributed by atoms with van der Waals surface area (Å²) < 4.78 is 10.1. The molecule has 0 aromatic heterocycles. The number of ether oxygens (including phenoxy) is 2. The summed E-state index contributed by atoms with van der Waals surface area (Å²) in [6.45, 7) is 9.66. The van der Waals surface area contributed by atoms with Gasteiger partial charge in [0.15, 0.2) is 6.61 Å². The molecular weight excluding hydrogens is 398 g/mol. The second kappa shape index (κ2) is 11.6. The van der Waals surface area contributed by atoms with Crippen LogP contribution in [0.5, 0.6) is 0 Å². The lowest BCUT2D eigenvalue weighted by atomic mass is 9.99. The highest BCUT2D eigenvalue weighted by atomic mass is 16.6. The highest BCUT2D eigenvalue weighted by molar-refractivity contribution is 5.92. The van der Waals surface area contributed by atoms with Gasteiger partial charge in [0.25, 0.3) is 5.91 Å². The highest BCUT2D eigenvalue weighted by Gasteiger charge is 2.17. The molecular formula is C23H35N3O5. The standard InChI is InChI=1S/C23H35N3O5/c1-17-11-14-26(15-12-17)19-9-7-18(8-10-19)25-20(27)16-30-21(28)6-5-13-24-22(29)31-23(2,3)4/h7-10,17H,5-6,11-16H2,1-4H3,(H,24,29)(H,25,27). The number of anilines is 2. The number of benzene rings is 1. The summed E-state index contributed by atoms with van der Waals surface area (Å²) in [5, 5.41) is 5.30. The number of amides is 2. The molecule has 0 saturated carbocycles. The number of nitrogens with zero attached hydrogens (tertiary/aromatic N) is 1. The summed E-state index contributed by atoms with van der Waals surface area (Å²) in [4.78, 5) is 37.6. The van der Waals surface area contributed by atoms with E-state index in [4.69, 9.17) is 9.47 Å². The van der Waals surface area contributed by atoms with E-state index in [-0.39, 0.29) is 18.9 Å². The fraction of sp³-hybridized carbons (Fsp3) is 0.609. The van der Waals surface area contributed by atoms with Crippen molar-refractivity contribution in [3.05, 3.63) is 24.3 Å². The molecule has 0 bridgehead atoms. The van der Waals surface area contributed by atoms with Crippen LogP contribution < -0.4 is 15.5 Å². The van der Waals surface area contributed by atoms with Crippen LogP contribution in [0, 0.1) is 5.92 Å². The molecule has 2 N–H and O–H groups in total. The monoisotopic (exact) mass is 433 g/mol. The van der Waals surface area contributed by atoms with Gasteiger partial charge >= 0.3 is 12.1 Å². The third kappa shape index (κ3) is 9.72. The molecule has 2 amide bonds. The Bertz CT molecular complexity index is 735. The molecule has 1 aromatic carbocycles. The molecule has 1 aliphatic heterocycles. The zero-order valence-electron chi connectivity index (χ0n) is 19.0. The molecule has 0 radical (unpaired) electrons. The minimum atomic E-state index is -0.567. The van der Waals surface area contributed by atoms with E-state index in [1.807, 2.05) is 24.3 Å². The fourth-order valence-electron chi connectivity index (χ4n) is 3.18. The Hall–Kier alpha value is -2.77. The Morgan fingerprint density at radius 2 is 1.74 bits per heavy atom. The second-order valence-corrected chi connectivity index (χ2v) is 8.96. The maximum absolute atomic E-state index is 12.0. The van der Waals surface area contributed by atoms with Crippen molar-refractivity contribution in [3.8, 4) is 0 Å². The van der Waals surface area contributed by atoms with Crippen LogP contribution in [-0.2, 0) is 19.1 Å². The molecule has 0 aliphatic carbocycles. The SMILES string of the molecule is CC1CCN(c2ccc(NC(=O)COC(=O)CCCNC(=O)OC(C)(C)C)cc2)CC1. The number of nitrogens with one attached hydrogen (secondary N) is 2. The Balaban J connectivity index is 1.61. The van der Waals surface area contributed by atoms with Crippen LogP contribution in [0.15, 0.2) is 24.3 Å². The van der Waals surface area contributed by atoms with E-state index in [1.165, 1.54) is 12.8 Å². The third-order valence-electron chi connectivity index (χ3n) is 4.89. The largest absolute Gasteiger partial charge is 0.456 e. The number of alkyl carbamates (subject to hydrolysis) is 1. The first-order chi connectivity index (χ1) is 14.6. The van der Waals surface area contributed by atoms with Crippen LogP contribution in [0.1, 0.15) is 53.4 Å². The molecule has 1 aliphatic rings. The van der Waals surface area contributed by atoms with E-state index in [0.717, 1.165) is 24.7 Å². The van der Waals surface area contributed by atoms with Gasteiger partial charge in [0.2, 0.25) is 0 Å². The van der Waals surface area contributed by atoms with Crippen LogP contribution >= 0.6 is 0 Å². The zero-order valence-corrected chi connectivity index (χ0v) is 19.0. The van der Waals surface area contributed by atoms with Crippen LogP contribution in [0.2, 0.25) is 0 Å². The van der Waals surface area contributed by atoms with Gasteiger partial charge in [0, 0.05) is 37.4 Å². The topological polar surface area (TPSA) is 97.0 Å². The lowest BCUT2D eigenvalue weighted by molar-refractivity contribution is -0.147. The lowest BCUT2D eigenvalue weighted by Crippen LogP contribution is -2.33. The van der Waals surface area contributed by atoms with Gasteiger partial charge in [-0.05, 0) is 70.2 Å². The predicted octanol–water partition coefficient (Wildman–Crippen LogP) is 3.71. The molecule has 2 rings (SSSR count). The molecule has 8 nitrogen and oxygen atoms in total. The van der Waals surface area contributed by atoms with Crippen molar-refractivity contribution in [3.63, 3.8) is 0 Å². The number of esters is 1. The Kier molecular flexibility index (Phi) is 9.15. The van der Waals surface area contributed by atoms with Gasteiger partial charge in [0.05, 0.1) is 0 Å². The van der Waals surface area contributed by atoms with Crippen molar-refractivity contribution < 1.29 is 23.9 Å². The smallest absolute Gasteiger partial charge is 0.407 e. The molecule has 31 heavy (non-hydrogen) atoms. The Labute approximate surface area is 184 Å². The minimum absolute atomic E-state index is 0.103. The minimum Gasteiger partial charge on any atom is -0.456 e. The maximum Gasteiger partial charge on any atom is 0.407 e. The van der Waals surface area contributed by atoms with E-state index < -0.39 is 17.7 Å². The lowest BCUT2D eigenvalue weighted by Gasteiger charge is -2.32. The number of carbonyl (C=O) groups excluding carboxylic acids is 3. The van der Waals surface area contributed by atoms with E-state index in [0.29, 0.717) is 18.7 Å². The quantitative estimate of drug-likeness (QED) is 0.479. The first-order valence-corrected chi connectivity index (χ1v) is 10.9. The Morgan fingerprint density at radius 1 is 1.10 bits per heavy atom. The van der Waals surface area contributed by atoms with Crippen LogP contribution in [0.4, 0.5) is 16.2 Å². The molecule has 1 heterocycles. The predicted molar refractivity (Wildman–Crippen MR) is 120 cm³/mol. The average molecular weight is 434 g/mol. The van der Waals surface area contributed by atoms with E-state index in [2.05, 4.69) is 22.5 Å². The number of hydrogen-bond acceptors (Lipinski definition) is 6. The first-order valence-electron chi connectivity index (χ1n) is 10.9. The number of rotatable bonds is 8. The van der Waals surface area contributed by atoms with Gasteiger partial charge < -0.3 is 25.0 Å². The summed E-state index contributed by atoms with van der Waals surface area (Å²) >= 11 is 0. The summed E-state index contributed by atoms with van der Waals surface area (Å²) in [5.41, 5.74) is 1.25. The maximum atomic E-state index is 12.0. The first kappa shape index (κ1) is 24.5. The van der Waals surface area contributed by atoms with Gasteiger partial charge in [-0.2, -0.15) is 0 Å².